The predicted molar refractivity (Wildman–Crippen MR) is 39.9 cm³/mol. The quantitative estimate of drug-likeness (QED) is 0.549. The fourth-order valence-electron chi connectivity index (χ4n) is 0.505. The third-order valence-electron chi connectivity index (χ3n) is 1.06. The second-order valence-corrected chi connectivity index (χ2v) is 3.23. The molecule has 0 aliphatic heterocycles. The van der Waals surface area contributed by atoms with Gasteiger partial charge in [0.25, 0.3) is 0 Å². The summed E-state index contributed by atoms with van der Waals surface area (Å²) in [5, 5.41) is 0.262. The van der Waals surface area contributed by atoms with E-state index in [9.17, 15) is 0 Å². The third kappa shape index (κ3) is 3.57. The van der Waals surface area contributed by atoms with Crippen LogP contribution in [0.3, 0.4) is 0 Å². The van der Waals surface area contributed by atoms with Crippen LogP contribution < -0.4 is 0 Å². The Hall–Kier alpha value is 0.580. The Morgan fingerprint density at radius 2 is 1.88 bits per heavy atom. The van der Waals surface area contributed by atoms with E-state index in [-0.39, 0.29) is 10.8 Å². The molecular formula is C6H12Cl2. The van der Waals surface area contributed by atoms with Crippen LogP contribution in [0, 0.1) is 0 Å². The maximum absolute atomic E-state index is 5.78. The van der Waals surface area contributed by atoms with Crippen molar-refractivity contribution >= 4 is 23.2 Å². The molecule has 0 N–H and O–H groups in total. The third-order valence-corrected chi connectivity index (χ3v) is 2.09. The van der Waals surface area contributed by atoms with Crippen LogP contribution in [0.1, 0.15) is 26.7 Å². The van der Waals surface area contributed by atoms with Gasteiger partial charge in [-0.25, -0.2) is 0 Å². The number of hydrogen-bond donors (Lipinski definition) is 0. The van der Waals surface area contributed by atoms with Crippen molar-refractivity contribution < 1.29 is 0 Å². The van der Waals surface area contributed by atoms with Gasteiger partial charge < -0.3 is 0 Å². The first kappa shape index (κ1) is 8.58. The van der Waals surface area contributed by atoms with Gasteiger partial charge in [0.05, 0.1) is 0 Å². The minimum Gasteiger partial charge on any atom is -0.122 e. The second-order valence-electron chi connectivity index (χ2n) is 1.98. The van der Waals surface area contributed by atoms with E-state index in [1.54, 1.807) is 0 Å². The normalized spacial score (nSPS) is 18.0. The van der Waals surface area contributed by atoms with Crippen molar-refractivity contribution in [1.82, 2.24) is 0 Å². The largest absolute Gasteiger partial charge is 0.122 e. The zero-order chi connectivity index (χ0) is 6.57. The summed E-state index contributed by atoms with van der Waals surface area (Å²) in [4.78, 5) is 0. The lowest BCUT2D eigenvalue weighted by Crippen LogP contribution is -2.09. The Kier molecular flexibility index (Phi) is 4.78. The smallest absolute Gasteiger partial charge is 0.0496 e. The molecule has 8 heavy (non-hydrogen) atoms. The van der Waals surface area contributed by atoms with Crippen LogP contribution in [0.2, 0.25) is 0 Å². The molecule has 0 saturated heterocycles. The van der Waals surface area contributed by atoms with Crippen LogP contribution in [0.15, 0.2) is 0 Å². The Morgan fingerprint density at radius 1 is 1.38 bits per heavy atom. The second kappa shape index (κ2) is 4.46. The van der Waals surface area contributed by atoms with Crippen LogP contribution >= 0.6 is 23.2 Å². The first-order chi connectivity index (χ1) is 3.68. The molecule has 0 spiro atoms. The first-order valence-corrected chi connectivity index (χ1v) is 3.84. The van der Waals surface area contributed by atoms with Crippen molar-refractivity contribution in [2.45, 2.75) is 37.4 Å². The van der Waals surface area contributed by atoms with Crippen molar-refractivity contribution in [3.05, 3.63) is 0 Å². The summed E-state index contributed by atoms with van der Waals surface area (Å²) in [5.41, 5.74) is 0. The van der Waals surface area contributed by atoms with Gasteiger partial charge in [0, 0.05) is 10.8 Å². The van der Waals surface area contributed by atoms with Gasteiger partial charge in [-0.1, -0.05) is 13.3 Å². The fraction of sp³-hybridized carbons (Fsp3) is 1.00. The van der Waals surface area contributed by atoms with Crippen LogP contribution in [-0.2, 0) is 0 Å². The summed E-state index contributed by atoms with van der Waals surface area (Å²) < 4.78 is 0. The lowest BCUT2D eigenvalue weighted by atomic mass is 10.2. The molecule has 2 atom stereocenters. The molecule has 0 aromatic rings. The average Bonchev–Trinajstić information content (AvgIpc) is 1.67. The first-order valence-electron chi connectivity index (χ1n) is 2.96. The van der Waals surface area contributed by atoms with Crippen molar-refractivity contribution in [1.29, 1.82) is 0 Å². The number of hydrogen-bond acceptors (Lipinski definition) is 0. The molecule has 50 valence electrons. The van der Waals surface area contributed by atoms with Gasteiger partial charge in [-0.3, -0.25) is 0 Å². The Labute approximate surface area is 61.2 Å². The molecule has 0 nitrogen and oxygen atoms in total. The van der Waals surface area contributed by atoms with E-state index in [2.05, 4.69) is 6.92 Å². The SMILES string of the molecule is CCCC(Cl)C(C)Cl. The van der Waals surface area contributed by atoms with Crippen molar-refractivity contribution in [2.24, 2.45) is 0 Å². The average molecular weight is 155 g/mol. The van der Waals surface area contributed by atoms with E-state index in [4.69, 9.17) is 23.2 Å². The summed E-state index contributed by atoms with van der Waals surface area (Å²) in [6, 6.07) is 0. The van der Waals surface area contributed by atoms with Gasteiger partial charge in [-0.05, 0) is 13.3 Å². The highest BCUT2D eigenvalue weighted by atomic mass is 35.5. The maximum atomic E-state index is 5.78. The molecule has 0 fully saturated rings. The van der Waals surface area contributed by atoms with E-state index in [0.717, 1.165) is 12.8 Å². The van der Waals surface area contributed by atoms with Crippen LogP contribution in [0.5, 0.6) is 0 Å². The van der Waals surface area contributed by atoms with Gasteiger partial charge in [0.1, 0.15) is 0 Å². The molecule has 2 heteroatoms. The molecule has 0 rings (SSSR count). The topological polar surface area (TPSA) is 0 Å². The lowest BCUT2D eigenvalue weighted by molar-refractivity contribution is 0.717. The molecule has 0 amide bonds. The van der Waals surface area contributed by atoms with Crippen LogP contribution in [-0.4, -0.2) is 10.8 Å². The minimum atomic E-state index is 0.108. The minimum absolute atomic E-state index is 0.108. The van der Waals surface area contributed by atoms with Gasteiger partial charge in [-0.2, -0.15) is 0 Å². The summed E-state index contributed by atoms with van der Waals surface area (Å²) >= 11 is 11.5. The molecule has 0 aromatic carbocycles. The molecule has 0 aromatic heterocycles. The Bertz CT molecular complexity index is 52.5. The van der Waals surface area contributed by atoms with E-state index >= 15 is 0 Å². The van der Waals surface area contributed by atoms with Gasteiger partial charge in [-0.15, -0.1) is 23.2 Å². The van der Waals surface area contributed by atoms with Crippen LogP contribution in [0.25, 0.3) is 0 Å². The van der Waals surface area contributed by atoms with E-state index in [1.807, 2.05) is 6.92 Å². The highest BCUT2D eigenvalue weighted by Crippen LogP contribution is 2.13. The van der Waals surface area contributed by atoms with Crippen molar-refractivity contribution in [2.75, 3.05) is 0 Å². The summed E-state index contributed by atoms with van der Waals surface area (Å²) in [5.74, 6) is 0. The fourth-order valence-corrected chi connectivity index (χ4v) is 0.850. The Morgan fingerprint density at radius 3 is 2.00 bits per heavy atom. The highest BCUT2D eigenvalue weighted by molar-refractivity contribution is 6.29. The molecule has 2 unspecified atom stereocenters. The summed E-state index contributed by atoms with van der Waals surface area (Å²) in [6.07, 6.45) is 2.14. The van der Waals surface area contributed by atoms with Gasteiger partial charge in [0.15, 0.2) is 0 Å². The van der Waals surface area contributed by atoms with E-state index in [1.165, 1.54) is 0 Å². The van der Waals surface area contributed by atoms with Gasteiger partial charge >= 0.3 is 0 Å². The maximum Gasteiger partial charge on any atom is 0.0496 e. The van der Waals surface area contributed by atoms with Crippen molar-refractivity contribution in [3.63, 3.8) is 0 Å². The predicted octanol–water partition coefficient (Wildman–Crippen LogP) is 3.02. The molecule has 0 radical (unpaired) electrons. The van der Waals surface area contributed by atoms with Gasteiger partial charge in [0.2, 0.25) is 0 Å². The summed E-state index contributed by atoms with van der Waals surface area (Å²) in [7, 11) is 0. The molecule has 0 aliphatic rings. The molecule has 0 aliphatic carbocycles. The molecule has 0 bridgehead atoms. The van der Waals surface area contributed by atoms with E-state index in [0.29, 0.717) is 0 Å². The summed E-state index contributed by atoms with van der Waals surface area (Å²) in [6.45, 7) is 4.03. The number of rotatable bonds is 3. The number of halogens is 2. The highest BCUT2D eigenvalue weighted by Gasteiger charge is 2.08. The van der Waals surface area contributed by atoms with Crippen molar-refractivity contribution in [3.8, 4) is 0 Å². The lowest BCUT2D eigenvalue weighted by Gasteiger charge is -2.08. The standard InChI is InChI=1S/C6H12Cl2/c1-3-4-6(8)5(2)7/h5-6H,3-4H2,1-2H3. The Balaban J connectivity index is 3.17. The van der Waals surface area contributed by atoms with Crippen LogP contribution in [0.4, 0.5) is 0 Å². The zero-order valence-corrected chi connectivity index (χ0v) is 6.84. The molecule has 0 heterocycles. The monoisotopic (exact) mass is 154 g/mol. The van der Waals surface area contributed by atoms with E-state index < -0.39 is 0 Å². The molecule has 0 saturated carbocycles. The molecular weight excluding hydrogens is 143 g/mol. The number of alkyl halides is 2. The zero-order valence-electron chi connectivity index (χ0n) is 5.32.